The Kier molecular flexibility index (Phi) is 10.2. The first kappa shape index (κ1) is 10.1. The minimum absolute atomic E-state index is 0. The van der Waals surface area contributed by atoms with Gasteiger partial charge in [0.25, 0.3) is 0 Å². The first-order valence-electron chi connectivity index (χ1n) is 1.83. The number of hydrogen-bond donors (Lipinski definition) is 0. The molecule has 0 unspecified atom stereocenters. The zero-order valence-electron chi connectivity index (χ0n) is 3.66. The molecule has 0 rings (SSSR count). The molecule has 0 aliphatic heterocycles. The van der Waals surface area contributed by atoms with E-state index in [1.807, 2.05) is 0 Å². The third-order valence-electron chi connectivity index (χ3n) is 0.309. The molecular weight excluding hydrogens is 108 g/mol. The number of rotatable bonds is 1. The molecule has 6 heavy (non-hydrogen) atoms. The summed E-state index contributed by atoms with van der Waals surface area (Å²) in [6.07, 6.45) is 0. The number of halogens is 1. The van der Waals surface area contributed by atoms with Crippen LogP contribution in [0.3, 0.4) is 0 Å². The second kappa shape index (κ2) is 6.06. The van der Waals surface area contributed by atoms with Crippen LogP contribution in [0, 0.1) is 5.92 Å². The average molecular weight is 119 g/mol. The summed E-state index contributed by atoms with van der Waals surface area (Å²) in [4.78, 5) is 0. The third kappa shape index (κ3) is 8.91. The molecule has 0 fully saturated rings. The maximum Gasteiger partial charge on any atom is 0.316 e. The molecule has 0 saturated carbocycles. The minimum atomic E-state index is 0. The third-order valence-corrected chi connectivity index (χ3v) is 0.926. The summed E-state index contributed by atoms with van der Waals surface area (Å²) in [5, 5.41) is 0. The molecule has 0 aromatic carbocycles. The fourth-order valence-corrected chi connectivity index (χ4v) is 0. The van der Waals surface area contributed by atoms with Gasteiger partial charge in [-0.05, 0) is 5.92 Å². The smallest absolute Gasteiger partial charge is 0.126 e. The molecular formula is C4H11ClMg. The summed E-state index contributed by atoms with van der Waals surface area (Å²) in [6, 6.07) is 0. The predicted molar refractivity (Wildman–Crippen MR) is 34.1 cm³/mol. The lowest BCUT2D eigenvalue weighted by molar-refractivity contribution is 0.745. The van der Waals surface area contributed by atoms with Crippen molar-refractivity contribution in [3.63, 3.8) is 0 Å². The second-order valence-electron chi connectivity index (χ2n) is 1.55. The molecule has 0 bridgehead atoms. The Labute approximate surface area is 60.4 Å². The summed E-state index contributed by atoms with van der Waals surface area (Å²) in [5.74, 6) is 1.43. The molecule has 0 radical (unpaired) electrons. The first-order valence-corrected chi connectivity index (χ1v) is 2.36. The van der Waals surface area contributed by atoms with Crippen molar-refractivity contribution in [2.45, 2.75) is 13.8 Å². The van der Waals surface area contributed by atoms with E-state index < -0.39 is 0 Å². The Hall–Kier alpha value is 1.06. The SMILES string of the molecule is CC(C)CCl.[MgH2]. The van der Waals surface area contributed by atoms with Crippen molar-refractivity contribution in [2.24, 2.45) is 5.92 Å². The van der Waals surface area contributed by atoms with E-state index in [9.17, 15) is 0 Å². The van der Waals surface area contributed by atoms with Gasteiger partial charge < -0.3 is 0 Å². The van der Waals surface area contributed by atoms with Gasteiger partial charge in [0.05, 0.1) is 0 Å². The summed E-state index contributed by atoms with van der Waals surface area (Å²) < 4.78 is 0. The number of hydrogen-bond acceptors (Lipinski definition) is 0. The van der Waals surface area contributed by atoms with Crippen LogP contribution in [0.15, 0.2) is 0 Å². The Morgan fingerprint density at radius 3 is 1.67 bits per heavy atom. The van der Waals surface area contributed by atoms with Crippen LogP contribution in [0.5, 0.6) is 0 Å². The molecule has 2 heteroatoms. The molecule has 0 aromatic rings. The van der Waals surface area contributed by atoms with Gasteiger partial charge in [-0.3, -0.25) is 0 Å². The van der Waals surface area contributed by atoms with Gasteiger partial charge in [0.15, 0.2) is 0 Å². The Morgan fingerprint density at radius 1 is 1.50 bits per heavy atom. The van der Waals surface area contributed by atoms with Crippen molar-refractivity contribution in [2.75, 3.05) is 5.88 Å². The predicted octanol–water partition coefficient (Wildman–Crippen LogP) is 0.965. The van der Waals surface area contributed by atoms with E-state index in [2.05, 4.69) is 13.8 Å². The fourth-order valence-electron chi connectivity index (χ4n) is 0. The average Bonchev–Trinajstić information content (AvgIpc) is 1.38. The van der Waals surface area contributed by atoms with Gasteiger partial charge in [0.2, 0.25) is 0 Å². The maximum absolute atomic E-state index is 5.34. The maximum atomic E-state index is 5.34. The van der Waals surface area contributed by atoms with Crippen LogP contribution in [0.4, 0.5) is 0 Å². The summed E-state index contributed by atoms with van der Waals surface area (Å²) >= 11 is 5.34. The molecule has 0 aliphatic carbocycles. The normalized spacial score (nSPS) is 8.00. The minimum Gasteiger partial charge on any atom is -0.126 e. The second-order valence-corrected chi connectivity index (χ2v) is 1.86. The van der Waals surface area contributed by atoms with Gasteiger partial charge in [-0.2, -0.15) is 0 Å². The van der Waals surface area contributed by atoms with Gasteiger partial charge >= 0.3 is 23.1 Å². The van der Waals surface area contributed by atoms with Crippen molar-refractivity contribution >= 4 is 34.7 Å². The van der Waals surface area contributed by atoms with Gasteiger partial charge in [-0.1, -0.05) is 13.8 Å². The van der Waals surface area contributed by atoms with Gasteiger partial charge in [0, 0.05) is 5.88 Å². The Bertz CT molecular complexity index is 21.5. The molecule has 0 saturated heterocycles. The summed E-state index contributed by atoms with van der Waals surface area (Å²) in [7, 11) is 0. The van der Waals surface area contributed by atoms with Crippen LogP contribution in [0.1, 0.15) is 13.8 Å². The lowest BCUT2D eigenvalue weighted by atomic mass is 10.3. The Balaban J connectivity index is 0. The van der Waals surface area contributed by atoms with E-state index >= 15 is 0 Å². The fraction of sp³-hybridized carbons (Fsp3) is 1.00. The molecule has 0 aromatic heterocycles. The van der Waals surface area contributed by atoms with E-state index in [0.717, 1.165) is 5.88 Å². The number of alkyl halides is 1. The quantitative estimate of drug-likeness (QED) is 0.356. The van der Waals surface area contributed by atoms with E-state index in [0.29, 0.717) is 5.92 Å². The topological polar surface area (TPSA) is 0 Å². The Morgan fingerprint density at radius 2 is 1.67 bits per heavy atom. The first-order chi connectivity index (χ1) is 2.27. The van der Waals surface area contributed by atoms with Crippen LogP contribution in [-0.4, -0.2) is 28.9 Å². The molecule has 0 nitrogen and oxygen atoms in total. The monoisotopic (exact) mass is 118 g/mol. The highest BCUT2D eigenvalue weighted by Crippen LogP contribution is 1.91. The van der Waals surface area contributed by atoms with Gasteiger partial charge in [0.1, 0.15) is 0 Å². The molecule has 0 spiro atoms. The van der Waals surface area contributed by atoms with Crippen LogP contribution in [0.2, 0.25) is 0 Å². The highest BCUT2D eigenvalue weighted by molar-refractivity contribution is 6.17. The lowest BCUT2D eigenvalue weighted by Gasteiger charge is -1.88. The van der Waals surface area contributed by atoms with Crippen molar-refractivity contribution in [3.05, 3.63) is 0 Å². The standard InChI is InChI=1S/C4H9Cl.Mg.2H/c1-4(2)3-5;;;/h4H,3H2,1-2H3;;;. The van der Waals surface area contributed by atoms with Gasteiger partial charge in [-0.25, -0.2) is 0 Å². The summed E-state index contributed by atoms with van der Waals surface area (Å²) in [5.41, 5.74) is 0. The van der Waals surface area contributed by atoms with Crippen molar-refractivity contribution in [1.82, 2.24) is 0 Å². The van der Waals surface area contributed by atoms with Crippen molar-refractivity contribution in [1.29, 1.82) is 0 Å². The highest BCUT2D eigenvalue weighted by Gasteiger charge is 1.82. The summed E-state index contributed by atoms with van der Waals surface area (Å²) in [6.45, 7) is 4.18. The highest BCUT2D eigenvalue weighted by atomic mass is 35.5. The molecule has 0 atom stereocenters. The molecule has 0 aliphatic rings. The zero-order chi connectivity index (χ0) is 4.28. The lowest BCUT2D eigenvalue weighted by Crippen LogP contribution is -1.83. The molecule has 0 amide bonds. The molecule has 36 valence electrons. The van der Waals surface area contributed by atoms with Crippen LogP contribution >= 0.6 is 11.6 Å². The molecule has 0 heterocycles. The largest absolute Gasteiger partial charge is 0.316 e. The van der Waals surface area contributed by atoms with E-state index in [-0.39, 0.29) is 23.1 Å². The van der Waals surface area contributed by atoms with Crippen molar-refractivity contribution < 1.29 is 0 Å². The van der Waals surface area contributed by atoms with Crippen LogP contribution in [0.25, 0.3) is 0 Å². The zero-order valence-corrected chi connectivity index (χ0v) is 4.42. The van der Waals surface area contributed by atoms with Crippen LogP contribution < -0.4 is 0 Å². The van der Waals surface area contributed by atoms with Gasteiger partial charge in [-0.15, -0.1) is 11.6 Å². The van der Waals surface area contributed by atoms with Crippen LogP contribution in [-0.2, 0) is 0 Å². The van der Waals surface area contributed by atoms with E-state index in [4.69, 9.17) is 11.6 Å². The van der Waals surface area contributed by atoms with E-state index in [1.54, 1.807) is 0 Å². The van der Waals surface area contributed by atoms with E-state index in [1.165, 1.54) is 0 Å². The van der Waals surface area contributed by atoms with Crippen molar-refractivity contribution in [3.8, 4) is 0 Å². The molecule has 0 N–H and O–H groups in total.